The number of fused-ring (bicyclic) bond motifs is 1. The molecule has 0 radical (unpaired) electrons. The summed E-state index contributed by atoms with van der Waals surface area (Å²) < 4.78 is 25.3. The lowest BCUT2D eigenvalue weighted by atomic mass is 9.97. The standard InChI is InChI=1S/C17H18FNO2/c1-19-17(13-8-7-12(20-2)10-14(13)18)16-9-11-5-3-4-6-15(11)21-16/h3-8,10,16-17,19H,9H2,1-2H3. The van der Waals surface area contributed by atoms with Crippen LogP contribution in [0, 0.1) is 5.82 Å². The minimum absolute atomic E-state index is 0.115. The number of rotatable bonds is 4. The summed E-state index contributed by atoms with van der Waals surface area (Å²) in [6.45, 7) is 0. The molecule has 1 N–H and O–H groups in total. The summed E-state index contributed by atoms with van der Waals surface area (Å²) in [5.41, 5.74) is 1.76. The van der Waals surface area contributed by atoms with E-state index in [4.69, 9.17) is 9.47 Å². The van der Waals surface area contributed by atoms with Gasteiger partial charge >= 0.3 is 0 Å². The van der Waals surface area contributed by atoms with Gasteiger partial charge in [-0.3, -0.25) is 0 Å². The van der Waals surface area contributed by atoms with Crippen LogP contribution < -0.4 is 14.8 Å². The minimum Gasteiger partial charge on any atom is -0.497 e. The maximum Gasteiger partial charge on any atom is 0.131 e. The van der Waals surface area contributed by atoms with Gasteiger partial charge in [0.05, 0.1) is 13.2 Å². The third kappa shape index (κ3) is 2.59. The van der Waals surface area contributed by atoms with Crippen LogP contribution in [0.3, 0.4) is 0 Å². The molecule has 2 unspecified atom stereocenters. The van der Waals surface area contributed by atoms with Crippen molar-refractivity contribution in [2.75, 3.05) is 14.2 Å². The van der Waals surface area contributed by atoms with E-state index in [1.807, 2.05) is 31.3 Å². The van der Waals surface area contributed by atoms with E-state index >= 15 is 0 Å². The molecule has 2 atom stereocenters. The quantitative estimate of drug-likeness (QED) is 0.937. The third-order valence-electron chi connectivity index (χ3n) is 3.90. The molecule has 4 heteroatoms. The van der Waals surface area contributed by atoms with Gasteiger partial charge in [0, 0.05) is 18.1 Å². The average molecular weight is 287 g/mol. The summed E-state index contributed by atoms with van der Waals surface area (Å²) in [6.07, 6.45) is 0.656. The zero-order valence-electron chi connectivity index (χ0n) is 12.1. The third-order valence-corrected chi connectivity index (χ3v) is 3.90. The maximum atomic E-state index is 14.3. The molecule has 0 saturated carbocycles. The molecule has 0 fully saturated rings. The van der Waals surface area contributed by atoms with Crippen LogP contribution in [-0.2, 0) is 6.42 Å². The van der Waals surface area contributed by atoms with E-state index in [1.165, 1.54) is 13.2 Å². The number of nitrogens with one attached hydrogen (secondary N) is 1. The zero-order valence-corrected chi connectivity index (χ0v) is 12.1. The fourth-order valence-corrected chi connectivity index (χ4v) is 2.82. The highest BCUT2D eigenvalue weighted by atomic mass is 19.1. The van der Waals surface area contributed by atoms with Gasteiger partial charge in [-0.05, 0) is 24.7 Å². The van der Waals surface area contributed by atoms with Crippen molar-refractivity contribution >= 4 is 0 Å². The molecule has 0 aromatic heterocycles. The molecule has 1 heterocycles. The molecular weight excluding hydrogens is 269 g/mol. The molecule has 0 saturated heterocycles. The van der Waals surface area contributed by atoms with E-state index in [2.05, 4.69) is 5.32 Å². The molecule has 0 bridgehead atoms. The summed E-state index contributed by atoms with van der Waals surface area (Å²) in [4.78, 5) is 0. The number of halogens is 1. The summed E-state index contributed by atoms with van der Waals surface area (Å²) >= 11 is 0. The van der Waals surface area contributed by atoms with Crippen LogP contribution in [0.4, 0.5) is 4.39 Å². The van der Waals surface area contributed by atoms with Crippen LogP contribution in [0.15, 0.2) is 42.5 Å². The summed E-state index contributed by atoms with van der Waals surface area (Å²) in [5.74, 6) is 1.12. The largest absolute Gasteiger partial charge is 0.497 e. The monoisotopic (exact) mass is 287 g/mol. The van der Waals surface area contributed by atoms with Gasteiger partial charge in [0.2, 0.25) is 0 Å². The van der Waals surface area contributed by atoms with Gasteiger partial charge in [-0.15, -0.1) is 0 Å². The van der Waals surface area contributed by atoms with Crippen molar-refractivity contribution in [3.63, 3.8) is 0 Å². The van der Waals surface area contributed by atoms with Gasteiger partial charge in [-0.1, -0.05) is 24.3 Å². The first kappa shape index (κ1) is 13.9. The second kappa shape index (κ2) is 5.74. The highest BCUT2D eigenvalue weighted by molar-refractivity contribution is 5.39. The lowest BCUT2D eigenvalue weighted by molar-refractivity contribution is 0.181. The summed E-state index contributed by atoms with van der Waals surface area (Å²) in [5, 5.41) is 3.17. The SMILES string of the molecule is CNC(c1ccc(OC)cc1F)C1Cc2ccccc2O1. The van der Waals surface area contributed by atoms with E-state index in [9.17, 15) is 4.39 Å². The normalized spacial score (nSPS) is 18.0. The van der Waals surface area contributed by atoms with Crippen LogP contribution in [0.1, 0.15) is 17.2 Å². The van der Waals surface area contributed by atoms with E-state index in [0.29, 0.717) is 11.3 Å². The van der Waals surface area contributed by atoms with E-state index in [1.54, 1.807) is 12.1 Å². The van der Waals surface area contributed by atoms with Crippen LogP contribution in [0.2, 0.25) is 0 Å². The number of methoxy groups -OCH3 is 1. The molecule has 0 amide bonds. The van der Waals surface area contributed by atoms with Gasteiger partial charge < -0.3 is 14.8 Å². The van der Waals surface area contributed by atoms with E-state index in [0.717, 1.165) is 17.7 Å². The fraction of sp³-hybridized carbons (Fsp3) is 0.294. The Bertz CT molecular complexity index is 619. The van der Waals surface area contributed by atoms with Crippen molar-refractivity contribution < 1.29 is 13.9 Å². The van der Waals surface area contributed by atoms with Gasteiger partial charge in [-0.25, -0.2) is 4.39 Å². The lowest BCUT2D eigenvalue weighted by Gasteiger charge is -2.24. The Morgan fingerprint density at radius 2 is 2.10 bits per heavy atom. The number of hydrogen-bond donors (Lipinski definition) is 1. The molecule has 2 aromatic rings. The first-order valence-corrected chi connectivity index (χ1v) is 6.98. The molecule has 0 aliphatic carbocycles. The van der Waals surface area contributed by atoms with Gasteiger partial charge in [-0.2, -0.15) is 0 Å². The van der Waals surface area contributed by atoms with E-state index < -0.39 is 0 Å². The van der Waals surface area contributed by atoms with Crippen molar-refractivity contribution in [2.24, 2.45) is 0 Å². The van der Waals surface area contributed by atoms with Gasteiger partial charge in [0.15, 0.2) is 0 Å². The predicted molar refractivity (Wildman–Crippen MR) is 79.3 cm³/mol. The second-order valence-electron chi connectivity index (χ2n) is 5.12. The first-order chi connectivity index (χ1) is 10.2. The highest BCUT2D eigenvalue weighted by Gasteiger charge is 2.31. The molecule has 110 valence electrons. The van der Waals surface area contributed by atoms with Crippen molar-refractivity contribution in [2.45, 2.75) is 18.6 Å². The number of likely N-dealkylation sites (N-methyl/N-ethyl adjacent to an activating group) is 1. The average Bonchev–Trinajstić information content (AvgIpc) is 2.93. The van der Waals surface area contributed by atoms with Gasteiger partial charge in [0.1, 0.15) is 23.4 Å². The molecule has 21 heavy (non-hydrogen) atoms. The Hall–Kier alpha value is -2.07. The van der Waals surface area contributed by atoms with E-state index in [-0.39, 0.29) is 18.0 Å². The minimum atomic E-state index is -0.284. The Kier molecular flexibility index (Phi) is 3.80. The Morgan fingerprint density at radius 1 is 1.29 bits per heavy atom. The Morgan fingerprint density at radius 3 is 2.76 bits per heavy atom. The molecule has 3 nitrogen and oxygen atoms in total. The first-order valence-electron chi connectivity index (χ1n) is 6.98. The zero-order chi connectivity index (χ0) is 14.8. The Balaban J connectivity index is 1.87. The van der Waals surface area contributed by atoms with Crippen LogP contribution in [0.25, 0.3) is 0 Å². The smallest absolute Gasteiger partial charge is 0.131 e. The Labute approximate surface area is 123 Å². The predicted octanol–water partition coefficient (Wildman–Crippen LogP) is 3.10. The highest BCUT2D eigenvalue weighted by Crippen LogP contribution is 2.35. The number of para-hydroxylation sites is 1. The topological polar surface area (TPSA) is 30.5 Å². The number of benzene rings is 2. The molecule has 0 spiro atoms. The number of ether oxygens (including phenoxy) is 2. The van der Waals surface area contributed by atoms with Crippen molar-refractivity contribution in [1.82, 2.24) is 5.32 Å². The lowest BCUT2D eigenvalue weighted by Crippen LogP contribution is -2.33. The van der Waals surface area contributed by atoms with Crippen LogP contribution >= 0.6 is 0 Å². The molecule has 2 aromatic carbocycles. The second-order valence-corrected chi connectivity index (χ2v) is 5.12. The maximum absolute atomic E-state index is 14.3. The van der Waals surface area contributed by atoms with Crippen molar-refractivity contribution in [3.05, 3.63) is 59.4 Å². The fourth-order valence-electron chi connectivity index (χ4n) is 2.82. The number of hydrogen-bond acceptors (Lipinski definition) is 3. The van der Waals surface area contributed by atoms with Crippen molar-refractivity contribution in [1.29, 1.82) is 0 Å². The molecule has 3 rings (SSSR count). The van der Waals surface area contributed by atoms with Gasteiger partial charge in [0.25, 0.3) is 0 Å². The molecule has 1 aliphatic heterocycles. The van der Waals surface area contributed by atoms with Crippen molar-refractivity contribution in [3.8, 4) is 11.5 Å². The summed E-state index contributed by atoms with van der Waals surface area (Å²) in [6, 6.07) is 12.7. The van der Waals surface area contributed by atoms with Crippen LogP contribution in [-0.4, -0.2) is 20.3 Å². The molecular formula is C17H18FNO2. The molecule has 1 aliphatic rings. The summed E-state index contributed by atoms with van der Waals surface area (Å²) in [7, 11) is 3.35. The van der Waals surface area contributed by atoms with Crippen LogP contribution in [0.5, 0.6) is 11.5 Å².